The lowest BCUT2D eigenvalue weighted by Crippen LogP contribution is -2.18. The summed E-state index contributed by atoms with van der Waals surface area (Å²) in [5.74, 6) is -2.59. The number of ether oxygens (including phenoxy) is 1. The standard InChI is InChI=1S/C11H14F2O2/c1-3-8-6-9(11(12,13)7-14)4-5-10(8)15-2/h4-6,14H,3,7H2,1-2H3. The number of methoxy groups -OCH3 is 1. The van der Waals surface area contributed by atoms with E-state index in [1.165, 1.54) is 25.3 Å². The number of rotatable bonds is 4. The van der Waals surface area contributed by atoms with Crippen molar-refractivity contribution < 1.29 is 18.6 Å². The van der Waals surface area contributed by atoms with Crippen LogP contribution in [0.3, 0.4) is 0 Å². The molecular formula is C11H14F2O2. The minimum atomic E-state index is -3.18. The molecule has 0 saturated heterocycles. The molecule has 0 aliphatic heterocycles. The monoisotopic (exact) mass is 216 g/mol. The summed E-state index contributed by atoms with van der Waals surface area (Å²) in [7, 11) is 1.50. The van der Waals surface area contributed by atoms with Crippen molar-refractivity contribution in [2.75, 3.05) is 13.7 Å². The molecule has 0 aliphatic rings. The molecule has 0 fully saturated rings. The van der Waals surface area contributed by atoms with Gasteiger partial charge in [0.25, 0.3) is 5.92 Å². The molecule has 4 heteroatoms. The van der Waals surface area contributed by atoms with E-state index in [4.69, 9.17) is 9.84 Å². The van der Waals surface area contributed by atoms with Gasteiger partial charge in [-0.25, -0.2) is 0 Å². The first-order valence-electron chi connectivity index (χ1n) is 4.71. The van der Waals surface area contributed by atoms with Gasteiger partial charge in [-0.05, 0) is 30.2 Å². The first kappa shape index (κ1) is 11.9. The molecule has 0 bridgehead atoms. The molecule has 0 aliphatic carbocycles. The van der Waals surface area contributed by atoms with Crippen molar-refractivity contribution in [2.45, 2.75) is 19.3 Å². The molecule has 1 N–H and O–H groups in total. The van der Waals surface area contributed by atoms with Crippen LogP contribution in [0, 0.1) is 0 Å². The minimum absolute atomic E-state index is 0.178. The Kier molecular flexibility index (Phi) is 3.63. The second-order valence-corrected chi connectivity index (χ2v) is 3.24. The van der Waals surface area contributed by atoms with Gasteiger partial charge >= 0.3 is 0 Å². The average Bonchev–Trinajstić information content (AvgIpc) is 2.28. The van der Waals surface area contributed by atoms with Crippen molar-refractivity contribution in [3.8, 4) is 5.75 Å². The Morgan fingerprint density at radius 2 is 2.07 bits per heavy atom. The lowest BCUT2D eigenvalue weighted by Gasteiger charge is -2.16. The molecule has 1 aromatic carbocycles. The summed E-state index contributed by atoms with van der Waals surface area (Å²) in [4.78, 5) is 0. The molecule has 0 atom stereocenters. The van der Waals surface area contributed by atoms with Gasteiger partial charge in [0.1, 0.15) is 12.4 Å². The lowest BCUT2D eigenvalue weighted by molar-refractivity contribution is -0.0556. The van der Waals surface area contributed by atoms with Crippen molar-refractivity contribution in [1.29, 1.82) is 0 Å². The van der Waals surface area contributed by atoms with Gasteiger partial charge in [0.15, 0.2) is 0 Å². The van der Waals surface area contributed by atoms with Gasteiger partial charge in [-0.2, -0.15) is 8.78 Å². The van der Waals surface area contributed by atoms with Gasteiger partial charge in [0.05, 0.1) is 7.11 Å². The van der Waals surface area contributed by atoms with Crippen LogP contribution in [0.25, 0.3) is 0 Å². The third kappa shape index (κ3) is 2.45. The topological polar surface area (TPSA) is 29.5 Å². The van der Waals surface area contributed by atoms with Crippen LogP contribution in [0.5, 0.6) is 5.75 Å². The van der Waals surface area contributed by atoms with Crippen LogP contribution in [0.15, 0.2) is 18.2 Å². The molecule has 84 valence electrons. The second-order valence-electron chi connectivity index (χ2n) is 3.24. The number of aliphatic hydroxyl groups is 1. The highest BCUT2D eigenvalue weighted by Crippen LogP contribution is 2.31. The largest absolute Gasteiger partial charge is 0.496 e. The van der Waals surface area contributed by atoms with Gasteiger partial charge in [-0.15, -0.1) is 0 Å². The molecule has 0 saturated carbocycles. The maximum Gasteiger partial charge on any atom is 0.295 e. The smallest absolute Gasteiger partial charge is 0.295 e. The predicted molar refractivity (Wildman–Crippen MR) is 53.4 cm³/mol. The normalized spacial score (nSPS) is 11.5. The van der Waals surface area contributed by atoms with Crippen LogP contribution in [0.4, 0.5) is 8.78 Å². The van der Waals surface area contributed by atoms with E-state index >= 15 is 0 Å². The van der Waals surface area contributed by atoms with Crippen molar-refractivity contribution >= 4 is 0 Å². The quantitative estimate of drug-likeness (QED) is 0.837. The maximum absolute atomic E-state index is 13.1. The van der Waals surface area contributed by atoms with Gasteiger partial charge in [-0.3, -0.25) is 0 Å². The highest BCUT2D eigenvalue weighted by Gasteiger charge is 2.30. The van der Waals surface area contributed by atoms with E-state index in [1.807, 2.05) is 6.92 Å². The summed E-state index contributed by atoms with van der Waals surface area (Å²) in [6, 6.07) is 4.14. The van der Waals surface area contributed by atoms with Crippen molar-refractivity contribution in [3.05, 3.63) is 29.3 Å². The zero-order valence-corrected chi connectivity index (χ0v) is 8.76. The Labute approximate surface area is 87.5 Å². The molecule has 0 radical (unpaired) electrons. The van der Waals surface area contributed by atoms with Gasteiger partial charge in [-0.1, -0.05) is 6.92 Å². The zero-order valence-electron chi connectivity index (χ0n) is 8.76. The first-order valence-corrected chi connectivity index (χ1v) is 4.71. The number of benzene rings is 1. The number of aryl methyl sites for hydroxylation is 1. The number of hydrogen-bond acceptors (Lipinski definition) is 2. The number of halogens is 2. The molecule has 2 nitrogen and oxygen atoms in total. The Hall–Kier alpha value is -1.16. The number of alkyl halides is 2. The van der Waals surface area contributed by atoms with Crippen LogP contribution in [0.1, 0.15) is 18.1 Å². The summed E-state index contributed by atoms with van der Waals surface area (Å²) < 4.78 is 31.3. The minimum Gasteiger partial charge on any atom is -0.496 e. The van der Waals surface area contributed by atoms with E-state index in [0.29, 0.717) is 17.7 Å². The molecule has 0 aromatic heterocycles. The summed E-state index contributed by atoms with van der Waals surface area (Å²) in [6.07, 6.45) is 0.610. The van der Waals surface area contributed by atoms with Crippen LogP contribution in [-0.2, 0) is 12.3 Å². The van der Waals surface area contributed by atoms with Crippen LogP contribution in [-0.4, -0.2) is 18.8 Å². The van der Waals surface area contributed by atoms with Crippen molar-refractivity contribution in [2.24, 2.45) is 0 Å². The molecule has 0 unspecified atom stereocenters. The average molecular weight is 216 g/mol. The second kappa shape index (κ2) is 4.57. The summed E-state index contributed by atoms with van der Waals surface area (Å²) in [5, 5.41) is 8.56. The number of aliphatic hydroxyl groups excluding tert-OH is 1. The third-order valence-corrected chi connectivity index (χ3v) is 2.28. The fourth-order valence-electron chi connectivity index (χ4n) is 1.37. The molecule has 1 rings (SSSR count). The highest BCUT2D eigenvalue weighted by atomic mass is 19.3. The lowest BCUT2D eigenvalue weighted by atomic mass is 10.0. The Morgan fingerprint density at radius 1 is 1.40 bits per heavy atom. The fourth-order valence-corrected chi connectivity index (χ4v) is 1.37. The van der Waals surface area contributed by atoms with Gasteiger partial charge in [0.2, 0.25) is 0 Å². The Bertz CT molecular complexity index is 337. The molecule has 15 heavy (non-hydrogen) atoms. The number of hydrogen-bond donors (Lipinski definition) is 1. The van der Waals surface area contributed by atoms with Gasteiger partial charge in [0, 0.05) is 5.56 Å². The highest BCUT2D eigenvalue weighted by molar-refractivity contribution is 5.38. The first-order chi connectivity index (χ1) is 7.05. The van der Waals surface area contributed by atoms with Crippen LogP contribution < -0.4 is 4.74 Å². The fraction of sp³-hybridized carbons (Fsp3) is 0.455. The van der Waals surface area contributed by atoms with E-state index in [-0.39, 0.29) is 5.56 Å². The van der Waals surface area contributed by atoms with E-state index in [2.05, 4.69) is 0 Å². The maximum atomic E-state index is 13.1. The molecular weight excluding hydrogens is 202 g/mol. The van der Waals surface area contributed by atoms with Gasteiger partial charge < -0.3 is 9.84 Å². The van der Waals surface area contributed by atoms with Crippen LogP contribution in [0.2, 0.25) is 0 Å². The van der Waals surface area contributed by atoms with E-state index in [0.717, 1.165) is 0 Å². The van der Waals surface area contributed by atoms with Crippen molar-refractivity contribution in [1.82, 2.24) is 0 Å². The zero-order chi connectivity index (χ0) is 11.5. The summed E-state index contributed by atoms with van der Waals surface area (Å²) >= 11 is 0. The van der Waals surface area contributed by atoms with Crippen molar-refractivity contribution in [3.63, 3.8) is 0 Å². The Balaban J connectivity index is 3.13. The SMILES string of the molecule is CCc1cc(C(F)(F)CO)ccc1OC. The van der Waals surface area contributed by atoms with E-state index in [9.17, 15) is 8.78 Å². The Morgan fingerprint density at radius 3 is 2.53 bits per heavy atom. The molecule has 0 amide bonds. The van der Waals surface area contributed by atoms with E-state index in [1.54, 1.807) is 0 Å². The summed E-state index contributed by atoms with van der Waals surface area (Å²) in [6.45, 7) is 0.682. The molecule has 1 aromatic rings. The predicted octanol–water partition coefficient (Wildman–Crippen LogP) is 2.34. The molecule has 0 heterocycles. The third-order valence-electron chi connectivity index (χ3n) is 2.28. The summed E-state index contributed by atoms with van der Waals surface area (Å²) in [5.41, 5.74) is 0.533. The van der Waals surface area contributed by atoms with Crippen LogP contribution >= 0.6 is 0 Å². The van der Waals surface area contributed by atoms with E-state index < -0.39 is 12.5 Å². The molecule has 0 spiro atoms.